The third-order valence-electron chi connectivity index (χ3n) is 8.14. The summed E-state index contributed by atoms with van der Waals surface area (Å²) < 4.78 is 0. The highest BCUT2D eigenvalue weighted by Gasteiger charge is 2.59. The van der Waals surface area contributed by atoms with E-state index in [0.29, 0.717) is 0 Å². The summed E-state index contributed by atoms with van der Waals surface area (Å²) in [5.74, 6) is 0. The second kappa shape index (κ2) is 7.76. The second-order valence-corrected chi connectivity index (χ2v) is 26.1. The highest BCUT2D eigenvalue weighted by Crippen LogP contribution is 2.60. The van der Waals surface area contributed by atoms with Crippen molar-refractivity contribution >= 4 is 15.2 Å². The van der Waals surface area contributed by atoms with Crippen molar-refractivity contribution in [3.63, 3.8) is 0 Å². The maximum Gasteiger partial charge on any atom is 0.0562 e. The molecule has 3 aliphatic carbocycles. The van der Waals surface area contributed by atoms with Gasteiger partial charge in [-0.1, -0.05) is 116 Å². The van der Waals surface area contributed by atoms with Crippen LogP contribution < -0.4 is 0 Å². The number of hydrogen-bond donors (Lipinski definition) is 0. The van der Waals surface area contributed by atoms with Gasteiger partial charge in [-0.3, -0.25) is 0 Å². The normalized spacial score (nSPS) is 27.3. The van der Waals surface area contributed by atoms with Crippen molar-refractivity contribution < 1.29 is 0 Å². The first-order valence-electron chi connectivity index (χ1n) is 11.1. The highest BCUT2D eigenvalue weighted by molar-refractivity contribution is 7.42. The van der Waals surface area contributed by atoms with Gasteiger partial charge in [0.05, 0.1) is 7.59 Å². The lowest BCUT2D eigenvalue weighted by Crippen LogP contribution is -2.66. The Labute approximate surface area is 148 Å². The van der Waals surface area contributed by atoms with Crippen LogP contribution in [0.25, 0.3) is 0 Å². The Morgan fingerprint density at radius 2 is 0.696 bits per heavy atom. The quantitative estimate of drug-likeness (QED) is 0.453. The van der Waals surface area contributed by atoms with Crippen molar-refractivity contribution in [1.82, 2.24) is 0 Å². The van der Waals surface area contributed by atoms with Crippen LogP contribution in [0.2, 0.25) is 36.3 Å². The lowest BCUT2D eigenvalue weighted by atomic mass is 9.98. The topological polar surface area (TPSA) is 0 Å². The van der Waals surface area contributed by atoms with E-state index in [-0.39, 0.29) is 0 Å². The molecule has 0 amide bonds. The van der Waals surface area contributed by atoms with Crippen LogP contribution in [0, 0.1) is 0 Å². The van der Waals surface area contributed by atoms with Gasteiger partial charge in [-0.2, -0.15) is 0 Å². The first-order chi connectivity index (χ1) is 11.1. The Morgan fingerprint density at radius 3 is 0.913 bits per heavy atom. The molecule has 3 aliphatic rings. The molecule has 0 atom stereocenters. The van der Waals surface area contributed by atoms with E-state index in [1.54, 1.807) is 96.3 Å². The molecule has 3 fully saturated rings. The van der Waals surface area contributed by atoms with Gasteiger partial charge in [0.2, 0.25) is 0 Å². The molecule has 0 aromatic carbocycles. The van der Waals surface area contributed by atoms with Crippen LogP contribution in [0.1, 0.15) is 96.3 Å². The average Bonchev–Trinajstić information content (AvgIpc) is 2.57. The van der Waals surface area contributed by atoms with Gasteiger partial charge in [0.25, 0.3) is 0 Å². The first kappa shape index (κ1) is 18.2. The molecule has 0 unspecified atom stereocenters. The smallest absolute Gasteiger partial charge is 0.0562 e. The zero-order chi connectivity index (χ0) is 16.3. The van der Waals surface area contributed by atoms with Gasteiger partial charge in [0.15, 0.2) is 0 Å². The van der Waals surface area contributed by atoms with Crippen LogP contribution in [0.3, 0.4) is 0 Å². The molecule has 134 valence electrons. The van der Waals surface area contributed by atoms with Crippen molar-refractivity contribution in [2.24, 2.45) is 0 Å². The second-order valence-electron chi connectivity index (χ2n) is 10.2. The molecule has 0 bridgehead atoms. The number of rotatable bonds is 4. The molecule has 2 heteroatoms. The minimum absolute atomic E-state index is 1.06. The highest BCUT2D eigenvalue weighted by atomic mass is 29.3. The summed E-state index contributed by atoms with van der Waals surface area (Å²) in [6.45, 7) is 8.49. The molecule has 0 spiro atoms. The van der Waals surface area contributed by atoms with Gasteiger partial charge in [0, 0.05) is 7.59 Å². The monoisotopic (exact) mass is 350 g/mol. The van der Waals surface area contributed by atoms with Crippen LogP contribution in [0.5, 0.6) is 0 Å². The van der Waals surface area contributed by atoms with Crippen molar-refractivity contribution in [1.29, 1.82) is 0 Å². The maximum atomic E-state index is 2.83. The first-order valence-corrected chi connectivity index (χ1v) is 17.8. The van der Waals surface area contributed by atoms with Crippen LogP contribution in [0.4, 0.5) is 0 Å². The van der Waals surface area contributed by atoms with E-state index in [9.17, 15) is 0 Å². The summed E-state index contributed by atoms with van der Waals surface area (Å²) in [4.78, 5) is 0. The summed E-state index contributed by atoms with van der Waals surface area (Å²) in [5, 5.41) is 0. The van der Waals surface area contributed by atoms with E-state index in [1.165, 1.54) is 16.6 Å². The van der Waals surface area contributed by atoms with Gasteiger partial charge in [-0.05, 0) is 16.6 Å². The SMILES string of the molecule is C[Si](C)(C)[Si](C1CCCCC1)(C1CCCCC1)C1CCCCC1. The molecule has 0 aliphatic heterocycles. The standard InChI is InChI=1S/C21H42Si2/c1-22(2,3)23(19-13-7-4-8-14-19,20-15-9-5-10-16-20)21-17-11-6-12-18-21/h19-21H,4-18H2,1-3H3. The van der Waals surface area contributed by atoms with Crippen molar-refractivity contribution in [3.8, 4) is 0 Å². The summed E-state index contributed by atoms with van der Waals surface area (Å²) in [5.41, 5.74) is 3.69. The molecular formula is C21H42Si2. The predicted molar refractivity (Wildman–Crippen MR) is 110 cm³/mol. The molecule has 0 nitrogen and oxygen atoms in total. The fourth-order valence-corrected chi connectivity index (χ4v) is 31.0. The molecule has 3 saturated carbocycles. The molecule has 0 saturated heterocycles. The predicted octanol–water partition coefficient (Wildman–Crippen LogP) is 7.85. The zero-order valence-electron chi connectivity index (χ0n) is 16.3. The van der Waals surface area contributed by atoms with Gasteiger partial charge in [-0.25, -0.2) is 0 Å². The maximum absolute atomic E-state index is 2.83. The van der Waals surface area contributed by atoms with Gasteiger partial charge in [0.1, 0.15) is 0 Å². The van der Waals surface area contributed by atoms with Crippen LogP contribution >= 0.6 is 0 Å². The van der Waals surface area contributed by atoms with Gasteiger partial charge in [-0.15, -0.1) is 0 Å². The molecule has 3 rings (SSSR count). The minimum Gasteiger partial charge on any atom is -0.0714 e. The summed E-state index contributed by atoms with van der Waals surface area (Å²) >= 11 is 0. The van der Waals surface area contributed by atoms with E-state index in [2.05, 4.69) is 19.6 Å². The van der Waals surface area contributed by atoms with E-state index in [0.717, 1.165) is 0 Å². The van der Waals surface area contributed by atoms with Crippen LogP contribution in [-0.4, -0.2) is 15.2 Å². The largest absolute Gasteiger partial charge is 0.0714 e. The Hall–Kier alpha value is 0.434. The minimum atomic E-state index is -1.16. The van der Waals surface area contributed by atoms with Crippen molar-refractivity contribution in [2.75, 3.05) is 0 Å². The lowest BCUT2D eigenvalue weighted by Gasteiger charge is -2.59. The molecule has 0 N–H and O–H groups in total. The molecule has 0 radical (unpaired) electrons. The molecule has 0 aromatic rings. The van der Waals surface area contributed by atoms with E-state index in [4.69, 9.17) is 0 Å². The molecule has 23 heavy (non-hydrogen) atoms. The fraction of sp³-hybridized carbons (Fsp3) is 1.00. The summed E-state index contributed by atoms with van der Waals surface area (Å²) in [6.07, 6.45) is 23.9. The Bertz CT molecular complexity index is 307. The zero-order valence-corrected chi connectivity index (χ0v) is 18.3. The van der Waals surface area contributed by atoms with Crippen molar-refractivity contribution in [3.05, 3.63) is 0 Å². The Kier molecular flexibility index (Phi) is 6.15. The number of hydrogen-bond acceptors (Lipinski definition) is 0. The third-order valence-corrected chi connectivity index (χ3v) is 28.0. The van der Waals surface area contributed by atoms with Crippen LogP contribution in [0.15, 0.2) is 0 Å². The van der Waals surface area contributed by atoms with E-state index < -0.39 is 15.2 Å². The summed E-state index contributed by atoms with van der Waals surface area (Å²) in [7, 11) is -2.22. The van der Waals surface area contributed by atoms with Crippen molar-refractivity contribution in [2.45, 2.75) is 133 Å². The van der Waals surface area contributed by atoms with E-state index >= 15 is 0 Å². The third kappa shape index (κ3) is 3.54. The summed E-state index contributed by atoms with van der Waals surface area (Å²) in [6, 6.07) is 0. The molecule has 0 heterocycles. The fourth-order valence-electron chi connectivity index (χ4n) is 7.58. The van der Waals surface area contributed by atoms with Gasteiger partial charge < -0.3 is 0 Å². The molecular weight excluding hydrogens is 308 g/mol. The van der Waals surface area contributed by atoms with E-state index in [1.807, 2.05) is 0 Å². The lowest BCUT2D eigenvalue weighted by molar-refractivity contribution is 0.423. The van der Waals surface area contributed by atoms with Crippen LogP contribution in [-0.2, 0) is 0 Å². The molecule has 0 aromatic heterocycles. The average molecular weight is 351 g/mol. The Balaban J connectivity index is 1.99. The Morgan fingerprint density at radius 1 is 0.435 bits per heavy atom. The van der Waals surface area contributed by atoms with Gasteiger partial charge >= 0.3 is 0 Å².